The number of hydrogen-bond donors (Lipinski definition) is 2. The van der Waals surface area contributed by atoms with E-state index >= 15 is 0 Å². The van der Waals surface area contributed by atoms with Crippen LogP contribution in [0.5, 0.6) is 0 Å². The highest BCUT2D eigenvalue weighted by molar-refractivity contribution is 6.04. The van der Waals surface area contributed by atoms with E-state index in [1.165, 1.54) is 0 Å². The Bertz CT molecular complexity index is 836. The van der Waals surface area contributed by atoms with Gasteiger partial charge >= 0.3 is 11.9 Å². The second-order valence-electron chi connectivity index (χ2n) is 5.74. The maximum absolute atomic E-state index is 12.2. The molecule has 2 N–H and O–H groups in total. The van der Waals surface area contributed by atoms with Gasteiger partial charge in [0.15, 0.2) is 0 Å². The largest absolute Gasteiger partial charge is 0.391 e. The minimum atomic E-state index is -1.15. The molecular formula is C19H16N2O5. The highest BCUT2D eigenvalue weighted by Crippen LogP contribution is 2.17. The van der Waals surface area contributed by atoms with Crippen LogP contribution >= 0.6 is 0 Å². The van der Waals surface area contributed by atoms with Crippen molar-refractivity contribution in [1.29, 1.82) is 0 Å². The Morgan fingerprint density at radius 2 is 1.35 bits per heavy atom. The minimum Gasteiger partial charge on any atom is -0.391 e. The van der Waals surface area contributed by atoms with Crippen molar-refractivity contribution in [3.8, 4) is 0 Å². The van der Waals surface area contributed by atoms with Crippen molar-refractivity contribution in [2.75, 3.05) is 6.54 Å². The number of hydrogen-bond acceptors (Lipinski definition) is 5. The van der Waals surface area contributed by atoms with E-state index < -0.39 is 29.8 Å². The van der Waals surface area contributed by atoms with Gasteiger partial charge < -0.3 is 15.4 Å². The van der Waals surface area contributed by atoms with Crippen molar-refractivity contribution >= 4 is 23.8 Å². The van der Waals surface area contributed by atoms with Crippen molar-refractivity contribution in [2.24, 2.45) is 5.92 Å². The Balaban J connectivity index is 1.66. The molecule has 0 aromatic heterocycles. The Labute approximate surface area is 149 Å². The summed E-state index contributed by atoms with van der Waals surface area (Å²) in [5.74, 6) is -3.48. The summed E-state index contributed by atoms with van der Waals surface area (Å²) >= 11 is 0. The molecule has 2 amide bonds. The quantitative estimate of drug-likeness (QED) is 0.615. The van der Waals surface area contributed by atoms with E-state index in [2.05, 4.69) is 15.4 Å². The molecule has 1 saturated heterocycles. The van der Waals surface area contributed by atoms with Crippen LogP contribution in [0.1, 0.15) is 20.7 Å². The van der Waals surface area contributed by atoms with Crippen molar-refractivity contribution in [3.63, 3.8) is 0 Å². The molecule has 0 saturated carbocycles. The second kappa shape index (κ2) is 7.60. The van der Waals surface area contributed by atoms with Gasteiger partial charge in [-0.3, -0.25) is 14.4 Å². The first kappa shape index (κ1) is 17.3. The highest BCUT2D eigenvalue weighted by atomic mass is 16.6. The topological polar surface area (TPSA) is 102 Å². The van der Waals surface area contributed by atoms with Crippen molar-refractivity contribution < 1.29 is 23.9 Å². The molecule has 7 nitrogen and oxygen atoms in total. The molecule has 2 aromatic rings. The van der Waals surface area contributed by atoms with Gasteiger partial charge in [0.1, 0.15) is 12.0 Å². The third-order valence-electron chi connectivity index (χ3n) is 4.00. The van der Waals surface area contributed by atoms with Gasteiger partial charge in [-0.2, -0.15) is 0 Å². The van der Waals surface area contributed by atoms with Gasteiger partial charge in [0.25, 0.3) is 11.8 Å². The van der Waals surface area contributed by atoms with E-state index in [0.29, 0.717) is 11.1 Å². The van der Waals surface area contributed by atoms with E-state index in [-0.39, 0.29) is 12.5 Å². The Hall–Kier alpha value is -3.48. The number of carbonyl (C=O) groups excluding carboxylic acids is 4. The summed E-state index contributed by atoms with van der Waals surface area (Å²) in [6.07, 6.45) is 0. The average molecular weight is 352 g/mol. The fraction of sp³-hybridized carbons (Fsp3) is 0.158. The van der Waals surface area contributed by atoms with Crippen LogP contribution in [0.4, 0.5) is 0 Å². The van der Waals surface area contributed by atoms with Crippen LogP contribution in [0.3, 0.4) is 0 Å². The molecule has 0 bridgehead atoms. The first-order valence-corrected chi connectivity index (χ1v) is 8.01. The van der Waals surface area contributed by atoms with Crippen LogP contribution in [-0.4, -0.2) is 36.3 Å². The summed E-state index contributed by atoms with van der Waals surface area (Å²) in [6.45, 7) is -0.127. The Morgan fingerprint density at radius 3 is 1.92 bits per heavy atom. The number of ether oxygens (including phenoxy) is 1. The molecule has 1 aliphatic heterocycles. The highest BCUT2D eigenvalue weighted by Gasteiger charge is 2.45. The lowest BCUT2D eigenvalue weighted by molar-refractivity contribution is -0.153. The van der Waals surface area contributed by atoms with Gasteiger partial charge in [0, 0.05) is 17.7 Å². The number of amides is 2. The molecule has 2 aromatic carbocycles. The number of nitrogens with one attached hydrogen (secondary N) is 2. The smallest absolute Gasteiger partial charge is 0.337 e. The van der Waals surface area contributed by atoms with E-state index in [1.807, 2.05) is 0 Å². The molecule has 1 fully saturated rings. The fourth-order valence-corrected chi connectivity index (χ4v) is 2.61. The SMILES string of the molecule is O=C(NCC1C(=O)OC(=O)C1NC(=O)c1ccccc1)c1ccccc1. The molecule has 2 unspecified atom stereocenters. The molecule has 7 heteroatoms. The van der Waals surface area contributed by atoms with Gasteiger partial charge in [0.2, 0.25) is 0 Å². The first-order chi connectivity index (χ1) is 12.6. The lowest BCUT2D eigenvalue weighted by Gasteiger charge is -2.16. The van der Waals surface area contributed by atoms with Crippen molar-refractivity contribution in [1.82, 2.24) is 10.6 Å². The van der Waals surface area contributed by atoms with Crippen LogP contribution < -0.4 is 10.6 Å². The third kappa shape index (κ3) is 3.77. The second-order valence-corrected chi connectivity index (χ2v) is 5.74. The van der Waals surface area contributed by atoms with Gasteiger partial charge in [-0.1, -0.05) is 36.4 Å². The predicted molar refractivity (Wildman–Crippen MR) is 91.1 cm³/mol. The normalized spacial score (nSPS) is 18.9. The lowest BCUT2D eigenvalue weighted by atomic mass is 10.0. The van der Waals surface area contributed by atoms with E-state index in [0.717, 1.165) is 0 Å². The zero-order valence-electron chi connectivity index (χ0n) is 13.7. The number of benzene rings is 2. The third-order valence-corrected chi connectivity index (χ3v) is 4.00. The summed E-state index contributed by atoms with van der Waals surface area (Å²) in [5.41, 5.74) is 0.779. The molecule has 132 valence electrons. The van der Waals surface area contributed by atoms with E-state index in [9.17, 15) is 19.2 Å². The van der Waals surface area contributed by atoms with Crippen LogP contribution in [0.2, 0.25) is 0 Å². The van der Waals surface area contributed by atoms with Gasteiger partial charge in [-0.15, -0.1) is 0 Å². The summed E-state index contributed by atoms with van der Waals surface area (Å²) in [7, 11) is 0. The molecular weight excluding hydrogens is 336 g/mol. The summed E-state index contributed by atoms with van der Waals surface area (Å²) in [4.78, 5) is 48.2. The van der Waals surface area contributed by atoms with Gasteiger partial charge in [-0.25, -0.2) is 4.79 Å². The maximum atomic E-state index is 12.2. The minimum absolute atomic E-state index is 0.127. The van der Waals surface area contributed by atoms with Gasteiger partial charge in [-0.05, 0) is 24.3 Å². The van der Waals surface area contributed by atoms with Crippen LogP contribution in [0.25, 0.3) is 0 Å². The molecule has 0 radical (unpaired) electrons. The average Bonchev–Trinajstić information content (AvgIpc) is 2.94. The van der Waals surface area contributed by atoms with Crippen LogP contribution in [-0.2, 0) is 14.3 Å². The van der Waals surface area contributed by atoms with Gasteiger partial charge in [0.05, 0.1) is 0 Å². The van der Waals surface area contributed by atoms with E-state index in [1.54, 1.807) is 60.7 Å². The summed E-state index contributed by atoms with van der Waals surface area (Å²) in [6, 6.07) is 15.6. The summed E-state index contributed by atoms with van der Waals surface area (Å²) in [5, 5.41) is 5.09. The molecule has 1 heterocycles. The molecule has 2 atom stereocenters. The molecule has 3 rings (SSSR count). The fourth-order valence-electron chi connectivity index (χ4n) is 2.61. The van der Waals surface area contributed by atoms with Crippen molar-refractivity contribution in [3.05, 3.63) is 71.8 Å². The number of rotatable bonds is 5. The molecule has 26 heavy (non-hydrogen) atoms. The monoisotopic (exact) mass is 352 g/mol. The number of carbonyl (C=O) groups is 4. The maximum Gasteiger partial charge on any atom is 0.337 e. The zero-order chi connectivity index (χ0) is 18.5. The number of esters is 2. The molecule has 0 spiro atoms. The zero-order valence-corrected chi connectivity index (χ0v) is 13.7. The molecule has 1 aliphatic rings. The number of cyclic esters (lactones) is 2. The van der Waals surface area contributed by atoms with Crippen LogP contribution in [0, 0.1) is 5.92 Å². The predicted octanol–water partition coefficient (Wildman–Crippen LogP) is 0.915. The summed E-state index contributed by atoms with van der Waals surface area (Å²) < 4.78 is 4.62. The Kier molecular flexibility index (Phi) is 5.07. The lowest BCUT2D eigenvalue weighted by Crippen LogP contribution is -2.46. The first-order valence-electron chi connectivity index (χ1n) is 8.01. The standard InChI is InChI=1S/C19H16N2O5/c22-16(12-7-3-1-4-8-12)20-11-14-15(19(25)26-18(14)24)21-17(23)13-9-5-2-6-10-13/h1-10,14-15H,11H2,(H,20,22)(H,21,23). The van der Waals surface area contributed by atoms with Crippen molar-refractivity contribution in [2.45, 2.75) is 6.04 Å². The van der Waals surface area contributed by atoms with E-state index in [4.69, 9.17) is 0 Å². The molecule has 0 aliphatic carbocycles. The Morgan fingerprint density at radius 1 is 0.808 bits per heavy atom. The van der Waals surface area contributed by atoms with Crippen LogP contribution in [0.15, 0.2) is 60.7 Å².